The number of esters is 3. The molecule has 17 heteroatoms. The van der Waals surface area contributed by atoms with Gasteiger partial charge in [-0.2, -0.15) is 0 Å². The molecule has 0 radical (unpaired) electrons. The number of carbonyl (C=O) groups is 3. The number of azide groups is 1. The van der Waals surface area contributed by atoms with Gasteiger partial charge in [-0.3, -0.25) is 4.79 Å². The molecule has 0 N–H and O–H groups in total. The Kier molecular flexibility index (Phi) is 18.6. The van der Waals surface area contributed by atoms with Gasteiger partial charge in [0.15, 0.2) is 33.1 Å². The van der Waals surface area contributed by atoms with Gasteiger partial charge < -0.3 is 47.1 Å². The fraction of sp³-hybridized carbons (Fsp3) is 0.511. The highest BCUT2D eigenvalue weighted by atomic mass is 28.4. The Bertz CT molecular complexity index is 2000. The summed E-state index contributed by atoms with van der Waals surface area (Å²) in [6.45, 7) is 15.3. The van der Waals surface area contributed by atoms with E-state index >= 15 is 0 Å². The molecule has 0 aromatic heterocycles. The number of methoxy groups -OCH3 is 1. The summed E-state index contributed by atoms with van der Waals surface area (Å²) in [5.41, 5.74) is 12.0. The molecule has 0 amide bonds. The predicted molar refractivity (Wildman–Crippen MR) is 237 cm³/mol. The van der Waals surface area contributed by atoms with Gasteiger partial charge in [0, 0.05) is 11.8 Å². The van der Waals surface area contributed by atoms with E-state index in [1.165, 1.54) is 14.0 Å². The van der Waals surface area contributed by atoms with Crippen molar-refractivity contribution in [1.29, 1.82) is 0 Å². The van der Waals surface area contributed by atoms with Gasteiger partial charge in [0.2, 0.25) is 0 Å². The van der Waals surface area contributed by atoms with Gasteiger partial charge in [-0.1, -0.05) is 111 Å². The van der Waals surface area contributed by atoms with Crippen molar-refractivity contribution in [2.75, 3.05) is 20.3 Å². The third-order valence-electron chi connectivity index (χ3n) is 11.4. The topological polar surface area (TPSA) is 192 Å². The first kappa shape index (κ1) is 50.1. The summed E-state index contributed by atoms with van der Waals surface area (Å²) in [4.78, 5) is 43.4. The van der Waals surface area contributed by atoms with Gasteiger partial charge >= 0.3 is 17.9 Å². The lowest BCUT2D eigenvalue weighted by molar-refractivity contribution is -0.345. The Morgan fingerprint density at radius 1 is 0.812 bits per heavy atom. The van der Waals surface area contributed by atoms with Crippen LogP contribution in [0.3, 0.4) is 0 Å². The standard InChI is InChI=1S/C47H61N3O13Si/c1-9-10-20-27-55-46-42(60-43(52)34-25-18-13-19-26-34)39(58-29-33-23-16-12-17-24-33)40(41(62-46)44(53)54-6)61-45-36(49-50-48)38(57-28-32-21-14-11-15-22-32)37(35(59-45)30-56-31(2)51)63-64(7,8)47(3,4)5/h9,11-19,21-26,35-42,45-46H,1,10,20,27-30H2,2-8H3. The van der Waals surface area contributed by atoms with Crippen LogP contribution in [0.15, 0.2) is 109 Å². The highest BCUT2D eigenvalue weighted by molar-refractivity contribution is 6.74. The Labute approximate surface area is 376 Å². The van der Waals surface area contributed by atoms with Gasteiger partial charge in [-0.15, -0.1) is 6.58 Å². The Morgan fingerprint density at radius 2 is 1.41 bits per heavy atom. The van der Waals surface area contributed by atoms with Crippen LogP contribution in [0, 0.1) is 0 Å². The minimum atomic E-state index is -2.66. The van der Waals surface area contributed by atoms with Crippen molar-refractivity contribution in [1.82, 2.24) is 0 Å². The molecule has 2 aliphatic rings. The molecule has 5 rings (SSSR count). The van der Waals surface area contributed by atoms with E-state index in [1.54, 1.807) is 36.4 Å². The van der Waals surface area contributed by atoms with Crippen molar-refractivity contribution in [3.63, 3.8) is 0 Å². The highest BCUT2D eigenvalue weighted by Gasteiger charge is 2.57. The van der Waals surface area contributed by atoms with Gasteiger partial charge in [0.05, 0.1) is 38.6 Å². The Balaban J connectivity index is 1.64. The Hall–Kier alpha value is -4.94. The zero-order valence-electron chi connectivity index (χ0n) is 37.6. The minimum Gasteiger partial charge on any atom is -0.467 e. The van der Waals surface area contributed by atoms with E-state index in [1.807, 2.05) is 60.7 Å². The first-order chi connectivity index (χ1) is 30.7. The number of allylic oxidation sites excluding steroid dienone is 1. The van der Waals surface area contributed by atoms with E-state index in [-0.39, 0.29) is 37.0 Å². The molecule has 10 atom stereocenters. The average Bonchev–Trinajstić information content (AvgIpc) is 3.28. The molecule has 3 aromatic rings. The number of unbranched alkanes of at least 4 members (excludes halogenated alkanes) is 1. The molecule has 3 aromatic carbocycles. The fourth-order valence-electron chi connectivity index (χ4n) is 6.97. The summed E-state index contributed by atoms with van der Waals surface area (Å²) in [6, 6.07) is 25.7. The first-order valence-corrected chi connectivity index (χ1v) is 24.3. The summed E-state index contributed by atoms with van der Waals surface area (Å²) in [5, 5.41) is 3.91. The van der Waals surface area contributed by atoms with Crippen molar-refractivity contribution < 1.29 is 61.4 Å². The maximum atomic E-state index is 13.9. The summed E-state index contributed by atoms with van der Waals surface area (Å²) >= 11 is 0. The van der Waals surface area contributed by atoms with E-state index in [2.05, 4.69) is 50.5 Å². The van der Waals surface area contributed by atoms with Crippen LogP contribution in [0.4, 0.5) is 0 Å². The molecule has 2 saturated heterocycles. The van der Waals surface area contributed by atoms with Gasteiger partial charge in [-0.05, 0) is 59.8 Å². The molecule has 0 saturated carbocycles. The molecule has 0 aliphatic carbocycles. The van der Waals surface area contributed by atoms with E-state index in [9.17, 15) is 19.9 Å². The van der Waals surface area contributed by atoms with Crippen LogP contribution in [0.1, 0.15) is 62.0 Å². The Morgan fingerprint density at radius 3 is 1.95 bits per heavy atom. The van der Waals surface area contributed by atoms with Crippen LogP contribution in [-0.2, 0) is 69.9 Å². The summed E-state index contributed by atoms with van der Waals surface area (Å²) in [7, 11) is -1.47. The molecule has 2 aliphatic heterocycles. The van der Waals surface area contributed by atoms with Crippen LogP contribution in [0.2, 0.25) is 18.1 Å². The number of hydrogen-bond acceptors (Lipinski definition) is 14. The second-order valence-corrected chi connectivity index (χ2v) is 21.7. The average molecular weight is 904 g/mol. The van der Waals surface area contributed by atoms with Crippen LogP contribution in [0.5, 0.6) is 0 Å². The van der Waals surface area contributed by atoms with E-state index in [0.29, 0.717) is 12.8 Å². The lowest BCUT2D eigenvalue weighted by Crippen LogP contribution is -2.67. The quantitative estimate of drug-likeness (QED) is 0.0146. The van der Waals surface area contributed by atoms with Crippen molar-refractivity contribution in [3.8, 4) is 0 Å². The highest BCUT2D eigenvalue weighted by Crippen LogP contribution is 2.42. The molecule has 64 heavy (non-hydrogen) atoms. The first-order valence-electron chi connectivity index (χ1n) is 21.4. The van der Waals surface area contributed by atoms with Gasteiger partial charge in [-0.25, -0.2) is 9.59 Å². The normalized spacial score (nSPS) is 25.9. The lowest BCUT2D eigenvalue weighted by atomic mass is 9.95. The van der Waals surface area contributed by atoms with E-state index in [0.717, 1.165) is 11.1 Å². The predicted octanol–water partition coefficient (Wildman–Crippen LogP) is 8.01. The monoisotopic (exact) mass is 903 g/mol. The van der Waals surface area contributed by atoms with Crippen LogP contribution in [-0.4, -0.2) is 108 Å². The number of nitrogens with zero attached hydrogens (tertiary/aromatic N) is 3. The van der Waals surface area contributed by atoms with Crippen LogP contribution in [0.25, 0.3) is 10.4 Å². The van der Waals surface area contributed by atoms with Gasteiger partial charge in [0.25, 0.3) is 0 Å². The zero-order chi connectivity index (χ0) is 46.3. The number of hydrogen-bond donors (Lipinski definition) is 0. The third kappa shape index (κ3) is 13.5. The number of rotatable bonds is 21. The number of benzene rings is 3. The maximum Gasteiger partial charge on any atom is 0.338 e. The second kappa shape index (κ2) is 23.8. The maximum absolute atomic E-state index is 13.9. The molecule has 346 valence electrons. The van der Waals surface area contributed by atoms with Crippen molar-refractivity contribution in [3.05, 3.63) is 131 Å². The fourth-order valence-corrected chi connectivity index (χ4v) is 8.29. The van der Waals surface area contributed by atoms with Crippen LogP contribution >= 0.6 is 0 Å². The van der Waals surface area contributed by atoms with Crippen molar-refractivity contribution in [2.45, 2.75) is 133 Å². The summed E-state index contributed by atoms with van der Waals surface area (Å²) in [6.07, 6.45) is -8.80. The van der Waals surface area contributed by atoms with E-state index in [4.69, 9.17) is 47.1 Å². The largest absolute Gasteiger partial charge is 0.467 e. The third-order valence-corrected chi connectivity index (χ3v) is 15.8. The molecule has 0 spiro atoms. The lowest BCUT2D eigenvalue weighted by Gasteiger charge is -2.51. The van der Waals surface area contributed by atoms with E-state index < -0.39 is 87.6 Å². The SMILES string of the molecule is C=CCCCOC1OC(C(=O)OC)C(OC2OC(COC(C)=O)C(O[Si](C)(C)C(C)(C)C)C(OCc3ccccc3)C2N=[N+]=[N-])C(OCc2ccccc2)C1OC(=O)c1ccccc1. The summed E-state index contributed by atoms with van der Waals surface area (Å²) in [5.74, 6) is -2.16. The van der Waals surface area contributed by atoms with Crippen molar-refractivity contribution in [2.24, 2.45) is 5.11 Å². The summed E-state index contributed by atoms with van der Waals surface area (Å²) < 4.78 is 63.5. The molecular weight excluding hydrogens is 843 g/mol. The molecule has 2 fully saturated rings. The second-order valence-electron chi connectivity index (χ2n) is 17.0. The molecule has 0 bridgehead atoms. The zero-order valence-corrected chi connectivity index (χ0v) is 38.6. The molecular formula is C47H61N3O13Si. The number of ether oxygens (including phenoxy) is 9. The molecule has 10 unspecified atom stereocenters. The van der Waals surface area contributed by atoms with Crippen molar-refractivity contribution >= 4 is 26.2 Å². The molecule has 16 nitrogen and oxygen atoms in total. The minimum absolute atomic E-state index is 0.0343. The smallest absolute Gasteiger partial charge is 0.338 e. The number of carbonyl (C=O) groups excluding carboxylic acids is 3. The van der Waals surface area contributed by atoms with Gasteiger partial charge in [0.1, 0.15) is 37.1 Å². The molecule has 2 heterocycles. The van der Waals surface area contributed by atoms with Crippen LogP contribution < -0.4 is 0 Å².